The van der Waals surface area contributed by atoms with Gasteiger partial charge >= 0.3 is 0 Å². The lowest BCUT2D eigenvalue weighted by atomic mass is 9.72. The van der Waals surface area contributed by atoms with Crippen molar-refractivity contribution in [2.24, 2.45) is 17.3 Å². The van der Waals surface area contributed by atoms with Crippen LogP contribution in [0, 0.1) is 17.3 Å². The van der Waals surface area contributed by atoms with Gasteiger partial charge in [-0.3, -0.25) is 9.59 Å². The third-order valence-corrected chi connectivity index (χ3v) is 5.81. The molecule has 1 atom stereocenters. The zero-order valence-electron chi connectivity index (χ0n) is 21.9. The molecule has 0 spiro atoms. The van der Waals surface area contributed by atoms with Crippen molar-refractivity contribution < 1.29 is 19.1 Å². The first-order valence-corrected chi connectivity index (χ1v) is 11.9. The average molecular weight is 443 g/mol. The highest BCUT2D eigenvalue weighted by molar-refractivity contribution is 5.76. The summed E-state index contributed by atoms with van der Waals surface area (Å²) in [4.78, 5) is 23.7. The van der Waals surface area contributed by atoms with Gasteiger partial charge < -0.3 is 20.1 Å². The summed E-state index contributed by atoms with van der Waals surface area (Å²) < 4.78 is 12.0. The van der Waals surface area contributed by atoms with Crippen LogP contribution in [0.1, 0.15) is 94.9 Å². The van der Waals surface area contributed by atoms with Gasteiger partial charge in [-0.15, -0.1) is 0 Å². The van der Waals surface area contributed by atoms with E-state index in [2.05, 4.69) is 45.3 Å². The molecule has 0 aromatic carbocycles. The van der Waals surface area contributed by atoms with E-state index in [1.54, 1.807) is 0 Å². The van der Waals surface area contributed by atoms with Crippen LogP contribution in [0.5, 0.6) is 0 Å². The fourth-order valence-electron chi connectivity index (χ4n) is 3.68. The molecule has 0 heterocycles. The highest BCUT2D eigenvalue weighted by Crippen LogP contribution is 2.34. The Morgan fingerprint density at radius 1 is 0.774 bits per heavy atom. The van der Waals surface area contributed by atoms with Crippen molar-refractivity contribution in [3.63, 3.8) is 0 Å². The zero-order valence-corrected chi connectivity index (χ0v) is 21.9. The second-order valence-corrected chi connectivity index (χ2v) is 11.2. The number of ether oxygens (including phenoxy) is 2. The minimum absolute atomic E-state index is 0.0653. The van der Waals surface area contributed by atoms with E-state index in [4.69, 9.17) is 9.47 Å². The van der Waals surface area contributed by atoms with Gasteiger partial charge in [0.1, 0.15) is 0 Å². The highest BCUT2D eigenvalue weighted by Gasteiger charge is 2.29. The van der Waals surface area contributed by atoms with Gasteiger partial charge in [0.25, 0.3) is 0 Å². The van der Waals surface area contributed by atoms with Gasteiger partial charge in [-0.25, -0.2) is 0 Å². The lowest BCUT2D eigenvalue weighted by Gasteiger charge is -2.33. The van der Waals surface area contributed by atoms with Crippen molar-refractivity contribution >= 4 is 11.8 Å². The van der Waals surface area contributed by atoms with E-state index in [9.17, 15) is 9.59 Å². The summed E-state index contributed by atoms with van der Waals surface area (Å²) >= 11 is 0. The number of hydrogen-bond donors (Lipinski definition) is 2. The third kappa shape index (κ3) is 14.5. The third-order valence-electron chi connectivity index (χ3n) is 5.81. The van der Waals surface area contributed by atoms with Crippen molar-refractivity contribution in [3.8, 4) is 0 Å². The molecule has 0 saturated carbocycles. The number of nitrogens with one attached hydrogen (secondary N) is 2. The minimum atomic E-state index is -0.330. The van der Waals surface area contributed by atoms with E-state index < -0.39 is 0 Å². The summed E-state index contributed by atoms with van der Waals surface area (Å²) in [5.74, 6) is 0.972. The molecule has 0 aliphatic heterocycles. The van der Waals surface area contributed by atoms with Crippen LogP contribution in [0.4, 0.5) is 0 Å². The van der Waals surface area contributed by atoms with Gasteiger partial charge in [-0.05, 0) is 57.8 Å². The standard InChI is InChI=1S/C25H50N2O4/c1-11-21(28)26-14-12-24(7,8)30-16-13-25(9,10)31-17-15-27-22(29)18-20(19(2)3)23(4,5)6/h19-20H,11-18H2,1-10H3,(H,26,28)(H,27,29). The summed E-state index contributed by atoms with van der Waals surface area (Å²) in [6.07, 6.45) is 2.57. The molecule has 0 aromatic rings. The first-order chi connectivity index (χ1) is 14.1. The molecule has 0 bridgehead atoms. The van der Waals surface area contributed by atoms with Crippen LogP contribution in [0.3, 0.4) is 0 Å². The predicted molar refractivity (Wildman–Crippen MR) is 128 cm³/mol. The van der Waals surface area contributed by atoms with Gasteiger partial charge in [0.2, 0.25) is 11.8 Å². The van der Waals surface area contributed by atoms with Crippen molar-refractivity contribution in [1.29, 1.82) is 0 Å². The van der Waals surface area contributed by atoms with E-state index in [1.165, 1.54) is 0 Å². The van der Waals surface area contributed by atoms with Gasteiger partial charge in [-0.2, -0.15) is 0 Å². The minimum Gasteiger partial charge on any atom is -0.375 e. The predicted octanol–water partition coefficient (Wildman–Crippen LogP) is 4.71. The van der Waals surface area contributed by atoms with E-state index in [1.807, 2.05) is 34.6 Å². The second-order valence-electron chi connectivity index (χ2n) is 11.2. The monoisotopic (exact) mass is 442 g/mol. The summed E-state index contributed by atoms with van der Waals surface area (Å²) in [5, 5.41) is 5.89. The molecule has 0 aromatic heterocycles. The van der Waals surface area contributed by atoms with Crippen LogP contribution in [0.15, 0.2) is 0 Å². The Morgan fingerprint density at radius 2 is 1.29 bits per heavy atom. The van der Waals surface area contributed by atoms with Crippen molar-refractivity contribution in [2.75, 3.05) is 26.3 Å². The molecule has 0 fully saturated rings. The maximum Gasteiger partial charge on any atom is 0.220 e. The van der Waals surface area contributed by atoms with Crippen LogP contribution in [0.2, 0.25) is 0 Å². The van der Waals surface area contributed by atoms with Gasteiger partial charge in [0.15, 0.2) is 0 Å². The molecule has 0 rings (SSSR count). The molecule has 2 amide bonds. The Labute approximate surface area is 191 Å². The Hall–Kier alpha value is -1.14. The Morgan fingerprint density at radius 3 is 1.81 bits per heavy atom. The molecular formula is C25H50N2O4. The Bertz CT molecular complexity index is 536. The van der Waals surface area contributed by atoms with Crippen LogP contribution in [-0.4, -0.2) is 49.3 Å². The van der Waals surface area contributed by atoms with Crippen molar-refractivity contribution in [1.82, 2.24) is 10.6 Å². The summed E-state index contributed by atoms with van der Waals surface area (Å²) in [5.41, 5.74) is -0.520. The number of hydrogen-bond acceptors (Lipinski definition) is 4. The van der Waals surface area contributed by atoms with Crippen LogP contribution in [0.25, 0.3) is 0 Å². The first-order valence-electron chi connectivity index (χ1n) is 11.9. The largest absolute Gasteiger partial charge is 0.375 e. The maximum atomic E-state index is 12.3. The van der Waals surface area contributed by atoms with E-state index in [0.29, 0.717) is 51.0 Å². The lowest BCUT2D eigenvalue weighted by molar-refractivity contribution is -0.124. The second kappa shape index (κ2) is 13.4. The molecule has 6 heteroatoms. The number of amides is 2. The van der Waals surface area contributed by atoms with Crippen LogP contribution in [-0.2, 0) is 19.1 Å². The molecule has 31 heavy (non-hydrogen) atoms. The topological polar surface area (TPSA) is 76.7 Å². The fourth-order valence-corrected chi connectivity index (χ4v) is 3.68. The molecule has 1 unspecified atom stereocenters. The Kier molecular flexibility index (Phi) is 12.9. The molecule has 6 nitrogen and oxygen atoms in total. The van der Waals surface area contributed by atoms with Gasteiger partial charge in [-0.1, -0.05) is 41.5 Å². The number of rotatable bonds is 15. The molecule has 0 saturated heterocycles. The highest BCUT2D eigenvalue weighted by atomic mass is 16.5. The van der Waals surface area contributed by atoms with Gasteiger partial charge in [0, 0.05) is 25.9 Å². The number of carbonyl (C=O) groups excluding carboxylic acids is 2. The normalized spacial score (nSPS) is 13.9. The van der Waals surface area contributed by atoms with Gasteiger partial charge in [0.05, 0.1) is 24.4 Å². The lowest BCUT2D eigenvalue weighted by Crippen LogP contribution is -2.37. The fraction of sp³-hybridized carbons (Fsp3) is 0.920. The maximum absolute atomic E-state index is 12.3. The van der Waals surface area contributed by atoms with Crippen molar-refractivity contribution in [3.05, 3.63) is 0 Å². The molecular weight excluding hydrogens is 392 g/mol. The number of carbonyl (C=O) groups is 2. The summed E-state index contributed by atoms with van der Waals surface area (Å²) in [6, 6.07) is 0. The quantitative estimate of drug-likeness (QED) is 0.360. The molecule has 184 valence electrons. The molecule has 0 radical (unpaired) electrons. The van der Waals surface area contributed by atoms with Crippen molar-refractivity contribution in [2.45, 2.75) is 106 Å². The summed E-state index contributed by atoms with van der Waals surface area (Å²) in [6.45, 7) is 23.1. The van der Waals surface area contributed by atoms with Crippen LogP contribution < -0.4 is 10.6 Å². The zero-order chi connectivity index (χ0) is 24.3. The molecule has 0 aliphatic carbocycles. The van der Waals surface area contributed by atoms with E-state index >= 15 is 0 Å². The van der Waals surface area contributed by atoms with E-state index in [-0.39, 0.29) is 28.4 Å². The SMILES string of the molecule is CCC(=O)NCCC(C)(C)OCCC(C)(C)OCCNC(=O)CC(C(C)C)C(C)(C)C. The smallest absolute Gasteiger partial charge is 0.220 e. The molecule has 0 aliphatic rings. The average Bonchev–Trinajstić information content (AvgIpc) is 2.61. The summed E-state index contributed by atoms with van der Waals surface area (Å²) in [7, 11) is 0. The molecule has 2 N–H and O–H groups in total. The van der Waals surface area contributed by atoms with E-state index in [0.717, 1.165) is 12.8 Å². The Balaban J connectivity index is 4.17. The van der Waals surface area contributed by atoms with Crippen LogP contribution >= 0.6 is 0 Å². The first kappa shape index (κ1) is 29.9.